The number of nitrogen functional groups attached to an aromatic ring is 1. The highest BCUT2D eigenvalue weighted by atomic mass is 35.5. The maximum absolute atomic E-state index is 12.2. The quantitative estimate of drug-likeness (QED) is 0.787. The Labute approximate surface area is 173 Å². The zero-order valence-corrected chi connectivity index (χ0v) is 17.5. The number of hydrogen-bond donors (Lipinski definition) is 1. The summed E-state index contributed by atoms with van der Waals surface area (Å²) < 4.78 is 5.40. The van der Waals surface area contributed by atoms with Crippen molar-refractivity contribution >= 4 is 41.1 Å². The topological polar surface area (TPSA) is 97.5 Å². The summed E-state index contributed by atoms with van der Waals surface area (Å²) >= 11 is 12.3. The first-order chi connectivity index (χ1) is 13.2. The number of aromatic nitrogens is 3. The molecule has 1 fully saturated rings. The molecule has 1 aromatic carbocycles. The van der Waals surface area contributed by atoms with Gasteiger partial charge in [0, 0.05) is 31.7 Å². The molecule has 0 spiro atoms. The Balaban J connectivity index is 1.70. The molecule has 2 N–H and O–H groups in total. The zero-order chi connectivity index (χ0) is 20.5. The predicted molar refractivity (Wildman–Crippen MR) is 110 cm³/mol. The van der Waals surface area contributed by atoms with Crippen LogP contribution in [0.4, 0.5) is 16.6 Å². The third kappa shape index (κ3) is 4.56. The first kappa shape index (κ1) is 20.4. The van der Waals surface area contributed by atoms with E-state index in [1.807, 2.05) is 25.7 Å². The molecule has 8 nitrogen and oxygen atoms in total. The number of nitrogens with zero attached hydrogens (tertiary/aromatic N) is 5. The maximum atomic E-state index is 12.2. The summed E-state index contributed by atoms with van der Waals surface area (Å²) in [7, 11) is 0. The zero-order valence-electron chi connectivity index (χ0n) is 15.9. The van der Waals surface area contributed by atoms with E-state index in [1.54, 1.807) is 23.1 Å². The Morgan fingerprint density at radius 2 is 1.82 bits per heavy atom. The third-order valence-corrected chi connectivity index (χ3v) is 4.94. The van der Waals surface area contributed by atoms with Gasteiger partial charge < -0.3 is 20.3 Å². The Bertz CT molecular complexity index is 879. The fraction of sp³-hybridized carbons (Fsp3) is 0.444. The maximum Gasteiger partial charge on any atom is 0.410 e. The van der Waals surface area contributed by atoms with E-state index in [-0.39, 0.29) is 11.9 Å². The minimum Gasteiger partial charge on any atom is -0.444 e. The Morgan fingerprint density at radius 3 is 2.43 bits per heavy atom. The second-order valence-electron chi connectivity index (χ2n) is 7.40. The number of carbonyl (C=O) groups excluding carboxylic acids is 1. The number of amides is 1. The van der Waals surface area contributed by atoms with Gasteiger partial charge in [-0.1, -0.05) is 35.3 Å². The fourth-order valence-corrected chi connectivity index (χ4v) is 3.15. The van der Waals surface area contributed by atoms with E-state index in [2.05, 4.69) is 15.2 Å². The molecule has 1 aromatic heterocycles. The van der Waals surface area contributed by atoms with Crippen molar-refractivity contribution in [2.24, 2.45) is 0 Å². The van der Waals surface area contributed by atoms with Crippen molar-refractivity contribution in [1.29, 1.82) is 0 Å². The van der Waals surface area contributed by atoms with E-state index in [4.69, 9.17) is 33.7 Å². The van der Waals surface area contributed by atoms with Crippen LogP contribution < -0.4 is 10.6 Å². The molecular formula is C18H22Cl2N6O2. The van der Waals surface area contributed by atoms with Crippen molar-refractivity contribution in [2.45, 2.75) is 26.4 Å². The first-order valence-corrected chi connectivity index (χ1v) is 9.59. The van der Waals surface area contributed by atoms with Crippen molar-refractivity contribution in [1.82, 2.24) is 20.1 Å². The number of rotatable bonds is 2. The average molecular weight is 425 g/mol. The highest BCUT2D eigenvalue weighted by Gasteiger charge is 2.27. The molecule has 3 rings (SSSR count). The van der Waals surface area contributed by atoms with Crippen LogP contribution >= 0.6 is 23.2 Å². The van der Waals surface area contributed by atoms with Crippen molar-refractivity contribution in [3.8, 4) is 11.3 Å². The van der Waals surface area contributed by atoms with Crippen LogP contribution in [0.15, 0.2) is 18.2 Å². The van der Waals surface area contributed by atoms with Gasteiger partial charge in [0.2, 0.25) is 5.95 Å². The van der Waals surface area contributed by atoms with Crippen molar-refractivity contribution < 1.29 is 9.53 Å². The van der Waals surface area contributed by atoms with Gasteiger partial charge in [0.15, 0.2) is 5.82 Å². The normalized spacial score (nSPS) is 14.9. The average Bonchev–Trinajstić information content (AvgIpc) is 2.63. The summed E-state index contributed by atoms with van der Waals surface area (Å²) in [5.74, 6) is 0.618. The van der Waals surface area contributed by atoms with E-state index >= 15 is 0 Å². The fourth-order valence-electron chi connectivity index (χ4n) is 2.76. The minimum absolute atomic E-state index is 0.212. The summed E-state index contributed by atoms with van der Waals surface area (Å²) in [4.78, 5) is 20.1. The summed E-state index contributed by atoms with van der Waals surface area (Å²) in [5, 5.41) is 9.15. The molecular weight excluding hydrogens is 403 g/mol. The number of carbonyl (C=O) groups is 1. The van der Waals surface area contributed by atoms with Gasteiger partial charge in [0.25, 0.3) is 0 Å². The van der Waals surface area contributed by atoms with Gasteiger partial charge in [-0.05, 0) is 26.8 Å². The second-order valence-corrected chi connectivity index (χ2v) is 8.19. The Kier molecular flexibility index (Phi) is 5.81. The van der Waals surface area contributed by atoms with Crippen LogP contribution in [0.3, 0.4) is 0 Å². The van der Waals surface area contributed by atoms with Crippen LogP contribution in [0.5, 0.6) is 0 Å². The number of piperazine rings is 1. The lowest BCUT2D eigenvalue weighted by Crippen LogP contribution is -2.50. The molecule has 0 aliphatic carbocycles. The van der Waals surface area contributed by atoms with E-state index in [0.717, 1.165) is 0 Å². The highest BCUT2D eigenvalue weighted by Crippen LogP contribution is 2.34. The number of ether oxygens (including phenoxy) is 1. The van der Waals surface area contributed by atoms with Gasteiger partial charge in [-0.3, -0.25) is 0 Å². The van der Waals surface area contributed by atoms with Gasteiger partial charge in [0.1, 0.15) is 11.3 Å². The van der Waals surface area contributed by atoms with Crippen molar-refractivity contribution in [3.63, 3.8) is 0 Å². The lowest BCUT2D eigenvalue weighted by atomic mass is 10.1. The molecule has 0 bridgehead atoms. The Morgan fingerprint density at radius 1 is 1.14 bits per heavy atom. The molecule has 1 aliphatic heterocycles. The van der Waals surface area contributed by atoms with Gasteiger partial charge in [-0.2, -0.15) is 4.98 Å². The SMILES string of the molecule is CC(C)(C)OC(=O)N1CCN(c2nnc(-c3cccc(Cl)c3Cl)c(N)n2)CC1. The molecule has 0 atom stereocenters. The van der Waals surface area contributed by atoms with Crippen molar-refractivity contribution in [3.05, 3.63) is 28.2 Å². The predicted octanol–water partition coefficient (Wildman–Crippen LogP) is 3.48. The molecule has 0 saturated carbocycles. The van der Waals surface area contributed by atoms with Crippen LogP contribution in [-0.4, -0.2) is 58.0 Å². The third-order valence-electron chi connectivity index (χ3n) is 4.12. The molecule has 1 amide bonds. The van der Waals surface area contributed by atoms with Crippen molar-refractivity contribution in [2.75, 3.05) is 36.8 Å². The molecule has 2 aromatic rings. The molecule has 0 radical (unpaired) electrons. The summed E-state index contributed by atoms with van der Waals surface area (Å²) in [6, 6.07) is 5.20. The molecule has 150 valence electrons. The molecule has 2 heterocycles. The lowest BCUT2D eigenvalue weighted by molar-refractivity contribution is 0.0240. The molecule has 1 aliphatic rings. The van der Waals surface area contributed by atoms with Gasteiger partial charge in [-0.15, -0.1) is 10.2 Å². The standard InChI is InChI=1S/C18H22Cl2N6O2/c1-18(2,3)28-17(27)26-9-7-25(8-10-26)16-22-15(21)14(23-24-16)11-5-4-6-12(19)13(11)20/h4-6H,7-10H2,1-3H3,(H2,21,22,24). The minimum atomic E-state index is -0.521. The Hall–Kier alpha value is -2.32. The van der Waals surface area contributed by atoms with Crippen LogP contribution in [0.1, 0.15) is 20.8 Å². The number of anilines is 2. The number of hydrogen-bond acceptors (Lipinski definition) is 7. The molecule has 1 saturated heterocycles. The highest BCUT2D eigenvalue weighted by molar-refractivity contribution is 6.43. The van der Waals surface area contributed by atoms with E-state index < -0.39 is 5.60 Å². The summed E-state index contributed by atoms with van der Waals surface area (Å²) in [6.07, 6.45) is -0.323. The number of benzene rings is 1. The van der Waals surface area contributed by atoms with Gasteiger partial charge in [0.05, 0.1) is 10.0 Å². The van der Waals surface area contributed by atoms with E-state index in [0.29, 0.717) is 53.4 Å². The van der Waals surface area contributed by atoms with Crippen LogP contribution in [0.2, 0.25) is 10.0 Å². The van der Waals surface area contributed by atoms with Crippen LogP contribution in [-0.2, 0) is 4.74 Å². The van der Waals surface area contributed by atoms with Gasteiger partial charge >= 0.3 is 6.09 Å². The number of nitrogens with two attached hydrogens (primary N) is 1. The first-order valence-electron chi connectivity index (χ1n) is 8.83. The second kappa shape index (κ2) is 7.97. The molecule has 0 unspecified atom stereocenters. The summed E-state index contributed by atoms with van der Waals surface area (Å²) in [6.45, 7) is 7.64. The van der Waals surface area contributed by atoms with E-state index in [1.165, 1.54) is 0 Å². The molecule has 10 heteroatoms. The molecule has 28 heavy (non-hydrogen) atoms. The monoisotopic (exact) mass is 424 g/mol. The van der Waals surface area contributed by atoms with E-state index in [9.17, 15) is 4.79 Å². The van der Waals surface area contributed by atoms with Crippen LogP contribution in [0.25, 0.3) is 11.3 Å². The van der Waals surface area contributed by atoms with Gasteiger partial charge in [-0.25, -0.2) is 4.79 Å². The largest absolute Gasteiger partial charge is 0.444 e. The van der Waals surface area contributed by atoms with Crippen LogP contribution in [0, 0.1) is 0 Å². The summed E-state index contributed by atoms with van der Waals surface area (Å²) in [5.41, 5.74) is 6.53. The number of halogens is 2. The lowest BCUT2D eigenvalue weighted by Gasteiger charge is -2.35. The smallest absolute Gasteiger partial charge is 0.410 e.